The molecule has 0 saturated carbocycles. The molecular weight excluding hydrogens is 196 g/mol. The van der Waals surface area contributed by atoms with Crippen molar-refractivity contribution in [3.63, 3.8) is 0 Å². The number of hydrogen-bond acceptors (Lipinski definition) is 3. The summed E-state index contributed by atoms with van der Waals surface area (Å²) in [6.07, 6.45) is 0. The Balaban J connectivity index is 2.47. The standard InChI is InChI=1S/C10H10N2O3/c1-2-15-10(14)7-5-6-3-4-8(13)12-9(6)11-7/h3-5H,2H2,1H3,(H2,11,12,13). The van der Waals surface area contributed by atoms with Crippen LogP contribution in [0.4, 0.5) is 0 Å². The number of aromatic nitrogens is 2. The molecule has 5 heteroatoms. The SMILES string of the molecule is CCOC(=O)c1cc2ccc(=O)[nH]c2[nH]1. The van der Waals surface area contributed by atoms with Gasteiger partial charge in [0.25, 0.3) is 0 Å². The highest BCUT2D eigenvalue weighted by Crippen LogP contribution is 2.11. The monoisotopic (exact) mass is 206 g/mol. The van der Waals surface area contributed by atoms with Crippen molar-refractivity contribution in [2.24, 2.45) is 0 Å². The van der Waals surface area contributed by atoms with Gasteiger partial charge in [-0.05, 0) is 19.1 Å². The summed E-state index contributed by atoms with van der Waals surface area (Å²) >= 11 is 0. The van der Waals surface area contributed by atoms with E-state index in [-0.39, 0.29) is 5.56 Å². The predicted octanol–water partition coefficient (Wildman–Crippen LogP) is 1.03. The van der Waals surface area contributed by atoms with Crippen LogP contribution in [0.3, 0.4) is 0 Å². The third-order valence-corrected chi connectivity index (χ3v) is 2.01. The van der Waals surface area contributed by atoms with Gasteiger partial charge >= 0.3 is 5.97 Å². The van der Waals surface area contributed by atoms with E-state index in [1.54, 1.807) is 19.1 Å². The third kappa shape index (κ3) is 1.76. The molecule has 0 aliphatic heterocycles. The quantitative estimate of drug-likeness (QED) is 0.720. The molecule has 2 N–H and O–H groups in total. The second-order valence-corrected chi connectivity index (χ2v) is 3.06. The number of carbonyl (C=O) groups is 1. The van der Waals surface area contributed by atoms with Gasteiger partial charge < -0.3 is 14.7 Å². The number of carbonyl (C=O) groups excluding carboxylic acids is 1. The molecule has 0 atom stereocenters. The number of pyridine rings is 1. The topological polar surface area (TPSA) is 75.0 Å². The number of nitrogens with one attached hydrogen (secondary N) is 2. The number of esters is 1. The molecule has 15 heavy (non-hydrogen) atoms. The number of H-pyrrole nitrogens is 2. The fraction of sp³-hybridized carbons (Fsp3) is 0.200. The van der Waals surface area contributed by atoms with Crippen LogP contribution in [0, 0.1) is 0 Å². The van der Waals surface area contributed by atoms with E-state index in [2.05, 4.69) is 9.97 Å². The second-order valence-electron chi connectivity index (χ2n) is 3.06. The lowest BCUT2D eigenvalue weighted by Gasteiger charge is -1.96. The first-order valence-corrected chi connectivity index (χ1v) is 4.60. The van der Waals surface area contributed by atoms with Gasteiger partial charge in [0.1, 0.15) is 11.3 Å². The summed E-state index contributed by atoms with van der Waals surface area (Å²) in [5, 5.41) is 0.776. The fourth-order valence-corrected chi connectivity index (χ4v) is 1.35. The second kappa shape index (κ2) is 3.61. The smallest absolute Gasteiger partial charge is 0.354 e. The van der Waals surface area contributed by atoms with Gasteiger partial charge in [-0.25, -0.2) is 4.79 Å². The average Bonchev–Trinajstić information content (AvgIpc) is 2.60. The predicted molar refractivity (Wildman–Crippen MR) is 54.9 cm³/mol. The molecule has 0 aliphatic rings. The Morgan fingerprint density at radius 2 is 2.20 bits per heavy atom. The molecule has 5 nitrogen and oxygen atoms in total. The van der Waals surface area contributed by atoms with Gasteiger partial charge in [0.15, 0.2) is 0 Å². The highest BCUT2D eigenvalue weighted by Gasteiger charge is 2.09. The summed E-state index contributed by atoms with van der Waals surface area (Å²) in [7, 11) is 0. The van der Waals surface area contributed by atoms with E-state index in [0.717, 1.165) is 5.39 Å². The maximum atomic E-state index is 11.4. The van der Waals surface area contributed by atoms with Crippen molar-refractivity contribution in [3.8, 4) is 0 Å². The van der Waals surface area contributed by atoms with E-state index in [4.69, 9.17) is 4.74 Å². The van der Waals surface area contributed by atoms with E-state index in [9.17, 15) is 9.59 Å². The molecule has 0 fully saturated rings. The Hall–Kier alpha value is -2.04. The molecule has 2 aromatic heterocycles. The molecule has 78 valence electrons. The lowest BCUT2D eigenvalue weighted by molar-refractivity contribution is 0.0520. The summed E-state index contributed by atoms with van der Waals surface area (Å²) in [6.45, 7) is 2.06. The average molecular weight is 206 g/mol. The Kier molecular flexibility index (Phi) is 2.29. The summed E-state index contributed by atoms with van der Waals surface area (Å²) in [5.41, 5.74) is 0.666. The van der Waals surface area contributed by atoms with Gasteiger partial charge in [-0.3, -0.25) is 4.79 Å². The summed E-state index contributed by atoms with van der Waals surface area (Å²) < 4.78 is 4.83. The summed E-state index contributed by atoms with van der Waals surface area (Å²) in [4.78, 5) is 27.7. The zero-order valence-corrected chi connectivity index (χ0v) is 8.16. The Bertz CT molecular complexity index is 553. The molecule has 2 heterocycles. The van der Waals surface area contributed by atoms with Crippen LogP contribution in [0.15, 0.2) is 23.0 Å². The van der Waals surface area contributed by atoms with E-state index < -0.39 is 5.97 Å². The molecule has 0 unspecified atom stereocenters. The van der Waals surface area contributed by atoms with Crippen LogP contribution < -0.4 is 5.56 Å². The minimum absolute atomic E-state index is 0.209. The Labute approximate surface area is 85.1 Å². The Morgan fingerprint density at radius 3 is 2.93 bits per heavy atom. The first kappa shape index (κ1) is 9.51. The summed E-state index contributed by atoms with van der Waals surface area (Å²) in [5.74, 6) is -0.422. The zero-order valence-electron chi connectivity index (χ0n) is 8.16. The van der Waals surface area contributed by atoms with Crippen LogP contribution in [0.5, 0.6) is 0 Å². The van der Waals surface area contributed by atoms with Gasteiger partial charge in [-0.2, -0.15) is 0 Å². The van der Waals surface area contributed by atoms with Gasteiger partial charge in [0.05, 0.1) is 6.61 Å². The normalized spacial score (nSPS) is 10.5. The third-order valence-electron chi connectivity index (χ3n) is 2.01. The number of aromatic amines is 2. The highest BCUT2D eigenvalue weighted by molar-refractivity contribution is 5.93. The van der Waals surface area contributed by atoms with Crippen LogP contribution in [0.1, 0.15) is 17.4 Å². The van der Waals surface area contributed by atoms with E-state index in [0.29, 0.717) is 17.9 Å². The number of fused-ring (bicyclic) bond motifs is 1. The van der Waals surface area contributed by atoms with Crippen molar-refractivity contribution in [2.45, 2.75) is 6.92 Å². The molecule has 0 aliphatic carbocycles. The van der Waals surface area contributed by atoms with Crippen molar-refractivity contribution in [1.82, 2.24) is 9.97 Å². The lowest BCUT2D eigenvalue weighted by atomic mass is 10.3. The fourth-order valence-electron chi connectivity index (χ4n) is 1.35. The number of ether oxygens (including phenoxy) is 1. The minimum atomic E-state index is -0.422. The Morgan fingerprint density at radius 1 is 1.40 bits per heavy atom. The maximum Gasteiger partial charge on any atom is 0.354 e. The molecule has 2 rings (SSSR count). The molecule has 0 saturated heterocycles. The number of hydrogen-bond donors (Lipinski definition) is 2. The van der Waals surface area contributed by atoms with Gasteiger partial charge in [-0.1, -0.05) is 0 Å². The van der Waals surface area contributed by atoms with Gasteiger partial charge in [0, 0.05) is 11.5 Å². The van der Waals surface area contributed by atoms with E-state index in [1.165, 1.54) is 6.07 Å². The first-order valence-electron chi connectivity index (χ1n) is 4.60. The first-order chi connectivity index (χ1) is 7.20. The van der Waals surface area contributed by atoms with Crippen LogP contribution in [-0.4, -0.2) is 22.5 Å². The molecule has 2 aromatic rings. The maximum absolute atomic E-state index is 11.4. The zero-order chi connectivity index (χ0) is 10.8. The minimum Gasteiger partial charge on any atom is -0.461 e. The van der Waals surface area contributed by atoms with E-state index >= 15 is 0 Å². The van der Waals surface area contributed by atoms with Crippen molar-refractivity contribution in [3.05, 3.63) is 34.2 Å². The molecular formula is C10H10N2O3. The lowest BCUT2D eigenvalue weighted by Crippen LogP contribution is -2.05. The molecule has 0 bridgehead atoms. The highest BCUT2D eigenvalue weighted by atomic mass is 16.5. The van der Waals surface area contributed by atoms with Gasteiger partial charge in [-0.15, -0.1) is 0 Å². The van der Waals surface area contributed by atoms with Crippen molar-refractivity contribution in [1.29, 1.82) is 0 Å². The van der Waals surface area contributed by atoms with Crippen molar-refractivity contribution < 1.29 is 9.53 Å². The van der Waals surface area contributed by atoms with Crippen LogP contribution >= 0.6 is 0 Å². The van der Waals surface area contributed by atoms with Crippen molar-refractivity contribution >= 4 is 17.0 Å². The van der Waals surface area contributed by atoms with Crippen molar-refractivity contribution in [2.75, 3.05) is 6.61 Å². The van der Waals surface area contributed by atoms with E-state index in [1.807, 2.05) is 0 Å². The van der Waals surface area contributed by atoms with Crippen LogP contribution in [-0.2, 0) is 4.74 Å². The molecule has 0 aromatic carbocycles. The van der Waals surface area contributed by atoms with Gasteiger partial charge in [0.2, 0.25) is 5.56 Å². The molecule has 0 radical (unpaired) electrons. The molecule has 0 amide bonds. The van der Waals surface area contributed by atoms with Crippen LogP contribution in [0.2, 0.25) is 0 Å². The largest absolute Gasteiger partial charge is 0.461 e. The number of rotatable bonds is 2. The van der Waals surface area contributed by atoms with Crippen LogP contribution in [0.25, 0.3) is 11.0 Å². The summed E-state index contributed by atoms with van der Waals surface area (Å²) in [6, 6.07) is 4.70. The molecule has 0 spiro atoms.